The van der Waals surface area contributed by atoms with Crippen molar-refractivity contribution in [3.8, 4) is 22.3 Å². The lowest BCUT2D eigenvalue weighted by atomic mass is 9.94. The van der Waals surface area contributed by atoms with Gasteiger partial charge in [-0.15, -0.1) is 0 Å². The molecule has 0 fully saturated rings. The maximum atomic E-state index is 11.1. The molecule has 1 unspecified atom stereocenters. The second-order valence-electron chi connectivity index (χ2n) is 5.93. The summed E-state index contributed by atoms with van der Waals surface area (Å²) in [7, 11) is 0. The minimum absolute atomic E-state index is 0.238. The van der Waals surface area contributed by atoms with Crippen molar-refractivity contribution in [2.75, 3.05) is 0 Å². The Balaban J connectivity index is 1.95. The van der Waals surface area contributed by atoms with Gasteiger partial charge >= 0.3 is 5.97 Å². The third kappa shape index (κ3) is 4.28. The van der Waals surface area contributed by atoms with Crippen molar-refractivity contribution in [1.82, 2.24) is 0 Å². The average molecular weight is 442 g/mol. The molecule has 126 valence electrons. The molecule has 0 heterocycles. The lowest BCUT2D eigenvalue weighted by Crippen LogP contribution is -2.04. The molecule has 0 saturated heterocycles. The zero-order valence-electron chi connectivity index (χ0n) is 14.2. The Morgan fingerprint density at radius 2 is 1.32 bits per heavy atom. The van der Waals surface area contributed by atoms with Gasteiger partial charge in [-0.1, -0.05) is 60.7 Å². The number of hydrogen-bond acceptors (Lipinski definition) is 2. The van der Waals surface area contributed by atoms with Crippen molar-refractivity contribution >= 4 is 28.6 Å². The van der Waals surface area contributed by atoms with Gasteiger partial charge in [0.15, 0.2) is 0 Å². The third-order valence-corrected chi connectivity index (χ3v) is 4.84. The number of esters is 1. The molecule has 0 aromatic heterocycles. The predicted octanol–water partition coefficient (Wildman–Crippen LogP) is 6.25. The van der Waals surface area contributed by atoms with Crippen LogP contribution in [0.5, 0.6) is 0 Å². The monoisotopic (exact) mass is 442 g/mol. The van der Waals surface area contributed by atoms with Crippen molar-refractivity contribution in [2.24, 2.45) is 0 Å². The summed E-state index contributed by atoms with van der Waals surface area (Å²) in [6.45, 7) is 3.32. The Hall–Kier alpha value is -2.14. The molecule has 0 radical (unpaired) electrons. The largest absolute Gasteiger partial charge is 0.458 e. The predicted molar refractivity (Wildman–Crippen MR) is 110 cm³/mol. The summed E-state index contributed by atoms with van der Waals surface area (Å²) in [6.07, 6.45) is -0.238. The summed E-state index contributed by atoms with van der Waals surface area (Å²) in [6, 6.07) is 25.2. The minimum Gasteiger partial charge on any atom is -0.458 e. The topological polar surface area (TPSA) is 26.3 Å². The number of hydrogen-bond donors (Lipinski definition) is 0. The second kappa shape index (κ2) is 7.83. The van der Waals surface area contributed by atoms with Crippen LogP contribution in [-0.2, 0) is 9.53 Å². The van der Waals surface area contributed by atoms with Crippen molar-refractivity contribution in [3.05, 3.63) is 81.9 Å². The Morgan fingerprint density at radius 1 is 0.840 bits per heavy atom. The number of rotatable bonds is 4. The SMILES string of the molecule is CC(=O)OC(C)c1ccc(-c2ccccc2-c2ccc(I)cc2)cc1. The highest BCUT2D eigenvalue weighted by molar-refractivity contribution is 14.1. The first-order chi connectivity index (χ1) is 12.0. The molecule has 0 N–H and O–H groups in total. The first-order valence-corrected chi connectivity index (χ1v) is 9.25. The molecule has 1 atom stereocenters. The maximum absolute atomic E-state index is 11.1. The van der Waals surface area contributed by atoms with Gasteiger partial charge in [-0.2, -0.15) is 0 Å². The van der Waals surface area contributed by atoms with Crippen LogP contribution in [0.1, 0.15) is 25.5 Å². The van der Waals surface area contributed by atoms with Gasteiger partial charge in [0.1, 0.15) is 6.10 Å². The number of halogens is 1. The summed E-state index contributed by atoms with van der Waals surface area (Å²) >= 11 is 2.32. The number of carbonyl (C=O) groups excluding carboxylic acids is 1. The van der Waals surface area contributed by atoms with Crippen LogP contribution < -0.4 is 0 Å². The molecule has 3 rings (SSSR count). The smallest absolute Gasteiger partial charge is 0.303 e. The first kappa shape index (κ1) is 17.7. The van der Waals surface area contributed by atoms with Crippen LogP contribution in [0.2, 0.25) is 0 Å². The molecule has 0 saturated carbocycles. The van der Waals surface area contributed by atoms with Gasteiger partial charge in [-0.05, 0) is 69.5 Å². The molecule has 0 spiro atoms. The highest BCUT2D eigenvalue weighted by atomic mass is 127. The zero-order valence-corrected chi connectivity index (χ0v) is 16.4. The van der Waals surface area contributed by atoms with Crippen LogP contribution in [-0.4, -0.2) is 5.97 Å². The fraction of sp³-hybridized carbons (Fsp3) is 0.136. The summed E-state index contributed by atoms with van der Waals surface area (Å²) in [5, 5.41) is 0. The van der Waals surface area contributed by atoms with E-state index in [2.05, 4.69) is 83.3 Å². The van der Waals surface area contributed by atoms with E-state index in [9.17, 15) is 4.79 Å². The van der Waals surface area contributed by atoms with E-state index >= 15 is 0 Å². The summed E-state index contributed by atoms with van der Waals surface area (Å²) in [5.74, 6) is -0.263. The van der Waals surface area contributed by atoms with Gasteiger partial charge in [0.05, 0.1) is 0 Å². The highest BCUT2D eigenvalue weighted by Gasteiger charge is 2.10. The molecule has 0 bridgehead atoms. The van der Waals surface area contributed by atoms with Crippen molar-refractivity contribution in [1.29, 1.82) is 0 Å². The van der Waals surface area contributed by atoms with Crippen molar-refractivity contribution < 1.29 is 9.53 Å². The van der Waals surface area contributed by atoms with Gasteiger partial charge in [0.2, 0.25) is 0 Å². The molecular formula is C22H19IO2. The fourth-order valence-corrected chi connectivity index (χ4v) is 3.23. The molecule has 3 aromatic carbocycles. The maximum Gasteiger partial charge on any atom is 0.303 e. The fourth-order valence-electron chi connectivity index (χ4n) is 2.87. The van der Waals surface area contributed by atoms with Crippen molar-refractivity contribution in [2.45, 2.75) is 20.0 Å². The quantitative estimate of drug-likeness (QED) is 0.353. The van der Waals surface area contributed by atoms with E-state index in [0.29, 0.717) is 0 Å². The molecule has 2 nitrogen and oxygen atoms in total. The van der Waals surface area contributed by atoms with Gasteiger partial charge in [0, 0.05) is 10.5 Å². The van der Waals surface area contributed by atoms with Crippen LogP contribution in [0.3, 0.4) is 0 Å². The van der Waals surface area contributed by atoms with Crippen molar-refractivity contribution in [3.63, 3.8) is 0 Å². The van der Waals surface area contributed by atoms with E-state index < -0.39 is 0 Å². The summed E-state index contributed by atoms with van der Waals surface area (Å²) in [4.78, 5) is 11.1. The zero-order chi connectivity index (χ0) is 17.8. The van der Waals surface area contributed by atoms with Crippen LogP contribution >= 0.6 is 22.6 Å². The highest BCUT2D eigenvalue weighted by Crippen LogP contribution is 2.33. The lowest BCUT2D eigenvalue weighted by Gasteiger charge is -2.14. The Bertz CT molecular complexity index is 867. The summed E-state index contributed by atoms with van der Waals surface area (Å²) < 4.78 is 6.47. The Morgan fingerprint density at radius 3 is 1.80 bits per heavy atom. The van der Waals surface area contributed by atoms with E-state index in [1.54, 1.807) is 0 Å². The van der Waals surface area contributed by atoms with Gasteiger partial charge in [0.25, 0.3) is 0 Å². The van der Waals surface area contributed by atoms with Crippen LogP contribution in [0, 0.1) is 3.57 Å². The Kier molecular flexibility index (Phi) is 5.53. The van der Waals surface area contributed by atoms with Gasteiger partial charge < -0.3 is 4.74 Å². The second-order valence-corrected chi connectivity index (χ2v) is 7.17. The Labute approximate surface area is 162 Å². The van der Waals surface area contributed by atoms with E-state index in [-0.39, 0.29) is 12.1 Å². The summed E-state index contributed by atoms with van der Waals surface area (Å²) in [5.41, 5.74) is 5.74. The average Bonchev–Trinajstić information content (AvgIpc) is 2.62. The molecule has 3 heteroatoms. The lowest BCUT2D eigenvalue weighted by molar-refractivity contribution is -0.145. The molecule has 0 amide bonds. The normalized spacial score (nSPS) is 11.8. The van der Waals surface area contributed by atoms with E-state index in [0.717, 1.165) is 11.1 Å². The van der Waals surface area contributed by atoms with Crippen LogP contribution in [0.15, 0.2) is 72.8 Å². The number of carbonyl (C=O) groups is 1. The van der Waals surface area contributed by atoms with Gasteiger partial charge in [-0.25, -0.2) is 0 Å². The third-order valence-electron chi connectivity index (χ3n) is 4.12. The van der Waals surface area contributed by atoms with Crippen LogP contribution in [0.25, 0.3) is 22.3 Å². The minimum atomic E-state index is -0.263. The molecule has 0 aliphatic carbocycles. The molecule has 25 heavy (non-hydrogen) atoms. The van der Waals surface area contributed by atoms with E-state index in [1.807, 2.05) is 19.1 Å². The molecular weight excluding hydrogens is 423 g/mol. The number of benzene rings is 3. The van der Waals surface area contributed by atoms with E-state index in [4.69, 9.17) is 4.74 Å². The molecule has 0 aliphatic rings. The molecule has 0 aliphatic heterocycles. The molecule has 3 aromatic rings. The number of ether oxygens (including phenoxy) is 1. The van der Waals surface area contributed by atoms with Crippen LogP contribution in [0.4, 0.5) is 0 Å². The van der Waals surface area contributed by atoms with E-state index in [1.165, 1.54) is 27.2 Å². The first-order valence-electron chi connectivity index (χ1n) is 8.17. The van der Waals surface area contributed by atoms with Gasteiger partial charge in [-0.3, -0.25) is 4.79 Å². The standard InChI is InChI=1S/C22H19IO2/c1-15(25-16(2)24)17-7-9-18(10-8-17)21-5-3-4-6-22(21)19-11-13-20(23)14-12-19/h3-15H,1-2H3.